The quantitative estimate of drug-likeness (QED) is 0.896. The number of aromatic nitrogens is 1. The Morgan fingerprint density at radius 1 is 1.17 bits per heavy atom. The average Bonchev–Trinajstić information content (AvgIpc) is 2.41. The van der Waals surface area contributed by atoms with E-state index < -0.39 is 0 Å². The molecule has 0 fully saturated rings. The minimum atomic E-state index is -0.131. The highest BCUT2D eigenvalue weighted by Crippen LogP contribution is 2.26. The standard InChI is InChI=1S/C15H18N2O/c1-11-4-3-5-14(12(11)2)18-15(10-16)13-6-8-17-9-7-13/h3-9,15H,10,16H2,1-2H3. The number of hydrogen-bond donors (Lipinski definition) is 1. The second kappa shape index (κ2) is 5.65. The first-order chi connectivity index (χ1) is 8.72. The Balaban J connectivity index is 2.24. The van der Waals surface area contributed by atoms with Crippen molar-refractivity contribution in [2.75, 3.05) is 6.54 Å². The minimum Gasteiger partial charge on any atom is -0.484 e. The molecule has 3 nitrogen and oxygen atoms in total. The molecule has 0 aliphatic heterocycles. The van der Waals surface area contributed by atoms with E-state index in [1.54, 1.807) is 12.4 Å². The Hall–Kier alpha value is -1.87. The molecule has 3 heteroatoms. The molecule has 0 aliphatic rings. The fourth-order valence-corrected chi connectivity index (χ4v) is 1.84. The molecule has 94 valence electrons. The summed E-state index contributed by atoms with van der Waals surface area (Å²) in [7, 11) is 0. The number of ether oxygens (including phenoxy) is 1. The van der Waals surface area contributed by atoms with Gasteiger partial charge in [0, 0.05) is 18.9 Å². The maximum absolute atomic E-state index is 6.01. The Kier molecular flexibility index (Phi) is 3.95. The van der Waals surface area contributed by atoms with Crippen LogP contribution in [0.3, 0.4) is 0 Å². The second-order valence-electron chi connectivity index (χ2n) is 4.32. The van der Waals surface area contributed by atoms with Crippen LogP contribution in [0.25, 0.3) is 0 Å². The third-order valence-corrected chi connectivity index (χ3v) is 3.12. The van der Waals surface area contributed by atoms with Crippen LogP contribution < -0.4 is 10.5 Å². The van der Waals surface area contributed by atoms with E-state index in [-0.39, 0.29) is 6.10 Å². The number of benzene rings is 1. The molecule has 18 heavy (non-hydrogen) atoms. The summed E-state index contributed by atoms with van der Waals surface area (Å²) >= 11 is 0. The molecule has 0 amide bonds. The SMILES string of the molecule is Cc1cccc(OC(CN)c2ccncc2)c1C. The van der Waals surface area contributed by atoms with Crippen molar-refractivity contribution >= 4 is 0 Å². The van der Waals surface area contributed by atoms with Gasteiger partial charge in [-0.2, -0.15) is 0 Å². The fraction of sp³-hybridized carbons (Fsp3) is 0.267. The summed E-state index contributed by atoms with van der Waals surface area (Å²) < 4.78 is 6.01. The zero-order chi connectivity index (χ0) is 13.0. The van der Waals surface area contributed by atoms with Gasteiger partial charge >= 0.3 is 0 Å². The van der Waals surface area contributed by atoms with Crippen molar-refractivity contribution in [3.8, 4) is 5.75 Å². The zero-order valence-electron chi connectivity index (χ0n) is 10.8. The summed E-state index contributed by atoms with van der Waals surface area (Å²) in [4.78, 5) is 4.00. The smallest absolute Gasteiger partial charge is 0.136 e. The summed E-state index contributed by atoms with van der Waals surface area (Å²) in [6.45, 7) is 4.58. The molecule has 1 aromatic heterocycles. The highest BCUT2D eigenvalue weighted by atomic mass is 16.5. The number of pyridine rings is 1. The molecule has 2 N–H and O–H groups in total. The van der Waals surface area contributed by atoms with Crippen molar-refractivity contribution in [2.24, 2.45) is 5.73 Å². The van der Waals surface area contributed by atoms with E-state index >= 15 is 0 Å². The van der Waals surface area contributed by atoms with Gasteiger partial charge in [-0.3, -0.25) is 4.98 Å². The zero-order valence-corrected chi connectivity index (χ0v) is 10.8. The van der Waals surface area contributed by atoms with Crippen molar-refractivity contribution in [3.63, 3.8) is 0 Å². The lowest BCUT2D eigenvalue weighted by molar-refractivity contribution is 0.212. The summed E-state index contributed by atoms with van der Waals surface area (Å²) in [6, 6.07) is 9.92. The summed E-state index contributed by atoms with van der Waals surface area (Å²) in [5.74, 6) is 0.891. The van der Waals surface area contributed by atoms with Crippen LogP contribution in [0.1, 0.15) is 22.8 Å². The Labute approximate surface area is 108 Å². The van der Waals surface area contributed by atoms with E-state index in [1.165, 1.54) is 5.56 Å². The number of nitrogens with two attached hydrogens (primary N) is 1. The molecule has 1 atom stereocenters. The normalized spacial score (nSPS) is 12.2. The van der Waals surface area contributed by atoms with Gasteiger partial charge in [0.05, 0.1) is 0 Å². The van der Waals surface area contributed by atoms with Gasteiger partial charge in [0.1, 0.15) is 11.9 Å². The van der Waals surface area contributed by atoms with Gasteiger partial charge in [0.15, 0.2) is 0 Å². The molecule has 0 aliphatic carbocycles. The van der Waals surface area contributed by atoms with E-state index in [4.69, 9.17) is 10.5 Å². The van der Waals surface area contributed by atoms with Crippen LogP contribution in [0, 0.1) is 13.8 Å². The number of hydrogen-bond acceptors (Lipinski definition) is 3. The van der Waals surface area contributed by atoms with E-state index in [1.807, 2.05) is 24.3 Å². The molecule has 2 aromatic rings. The predicted octanol–water partition coefficient (Wildman–Crippen LogP) is 2.78. The van der Waals surface area contributed by atoms with Gasteiger partial charge in [0.25, 0.3) is 0 Å². The van der Waals surface area contributed by atoms with Gasteiger partial charge in [-0.05, 0) is 48.7 Å². The van der Waals surface area contributed by atoms with Gasteiger partial charge in [-0.15, -0.1) is 0 Å². The molecular formula is C15H18N2O. The van der Waals surface area contributed by atoms with Gasteiger partial charge in [-0.25, -0.2) is 0 Å². The fourth-order valence-electron chi connectivity index (χ4n) is 1.84. The monoisotopic (exact) mass is 242 g/mol. The van der Waals surface area contributed by atoms with Crippen LogP contribution >= 0.6 is 0 Å². The highest BCUT2D eigenvalue weighted by Gasteiger charge is 2.12. The second-order valence-corrected chi connectivity index (χ2v) is 4.32. The third kappa shape index (κ3) is 2.68. The Bertz CT molecular complexity index is 511. The van der Waals surface area contributed by atoms with E-state index in [0.717, 1.165) is 16.9 Å². The van der Waals surface area contributed by atoms with Crippen molar-refractivity contribution in [3.05, 3.63) is 59.4 Å². The van der Waals surface area contributed by atoms with Crippen molar-refractivity contribution in [1.82, 2.24) is 4.98 Å². The first-order valence-corrected chi connectivity index (χ1v) is 6.05. The predicted molar refractivity (Wildman–Crippen MR) is 72.6 cm³/mol. The lowest BCUT2D eigenvalue weighted by Crippen LogP contribution is -2.18. The molecular weight excluding hydrogens is 224 g/mol. The first-order valence-electron chi connectivity index (χ1n) is 6.05. The molecule has 0 radical (unpaired) electrons. The van der Waals surface area contributed by atoms with Crippen LogP contribution in [0.15, 0.2) is 42.7 Å². The number of nitrogens with zero attached hydrogens (tertiary/aromatic N) is 1. The number of rotatable bonds is 4. The lowest BCUT2D eigenvalue weighted by atomic mass is 10.1. The van der Waals surface area contributed by atoms with Gasteiger partial charge < -0.3 is 10.5 Å². The maximum Gasteiger partial charge on any atom is 0.136 e. The molecule has 1 aromatic carbocycles. The van der Waals surface area contributed by atoms with Crippen LogP contribution in [-0.2, 0) is 0 Å². The van der Waals surface area contributed by atoms with Crippen LogP contribution in [-0.4, -0.2) is 11.5 Å². The van der Waals surface area contributed by atoms with Crippen LogP contribution in [0.4, 0.5) is 0 Å². The highest BCUT2D eigenvalue weighted by molar-refractivity contribution is 5.38. The lowest BCUT2D eigenvalue weighted by Gasteiger charge is -2.19. The minimum absolute atomic E-state index is 0.131. The number of aryl methyl sites for hydroxylation is 1. The summed E-state index contributed by atoms with van der Waals surface area (Å²) in [5, 5.41) is 0. The van der Waals surface area contributed by atoms with Crippen LogP contribution in [0.5, 0.6) is 5.75 Å². The van der Waals surface area contributed by atoms with Gasteiger partial charge in [-0.1, -0.05) is 12.1 Å². The molecule has 2 rings (SSSR count). The summed E-state index contributed by atoms with van der Waals surface area (Å²) in [5.41, 5.74) is 9.22. The third-order valence-electron chi connectivity index (χ3n) is 3.12. The Morgan fingerprint density at radius 2 is 1.89 bits per heavy atom. The van der Waals surface area contributed by atoms with E-state index in [9.17, 15) is 0 Å². The van der Waals surface area contributed by atoms with E-state index in [0.29, 0.717) is 6.54 Å². The van der Waals surface area contributed by atoms with Crippen LogP contribution in [0.2, 0.25) is 0 Å². The molecule has 0 saturated heterocycles. The maximum atomic E-state index is 6.01. The van der Waals surface area contributed by atoms with E-state index in [2.05, 4.69) is 24.9 Å². The Morgan fingerprint density at radius 3 is 2.56 bits per heavy atom. The summed E-state index contributed by atoms with van der Waals surface area (Å²) in [6.07, 6.45) is 3.38. The average molecular weight is 242 g/mol. The largest absolute Gasteiger partial charge is 0.484 e. The van der Waals surface area contributed by atoms with Gasteiger partial charge in [0.2, 0.25) is 0 Å². The van der Waals surface area contributed by atoms with Crippen molar-refractivity contribution < 1.29 is 4.74 Å². The molecule has 1 heterocycles. The molecule has 0 bridgehead atoms. The molecule has 0 spiro atoms. The van der Waals surface area contributed by atoms with Crippen molar-refractivity contribution in [2.45, 2.75) is 20.0 Å². The molecule has 0 saturated carbocycles. The van der Waals surface area contributed by atoms with Crippen molar-refractivity contribution in [1.29, 1.82) is 0 Å². The first kappa shape index (κ1) is 12.6. The molecule has 1 unspecified atom stereocenters. The topological polar surface area (TPSA) is 48.1 Å².